The molecule has 0 bridgehead atoms. The second kappa shape index (κ2) is 11.8. The van der Waals surface area contributed by atoms with Crippen LogP contribution in [0.2, 0.25) is 0 Å². The summed E-state index contributed by atoms with van der Waals surface area (Å²) in [6, 6.07) is 7.06. The van der Waals surface area contributed by atoms with E-state index in [1.54, 1.807) is 46.4 Å². The largest absolute Gasteiger partial charge is 0.462 e. The number of imidazole rings is 1. The first-order valence-electron chi connectivity index (χ1n) is 12.4. The maximum Gasteiger partial charge on any atom is 0.326 e. The average Bonchev–Trinajstić information content (AvgIpc) is 3.18. The number of benzene rings is 1. The van der Waals surface area contributed by atoms with Crippen molar-refractivity contribution >= 4 is 17.0 Å². The van der Waals surface area contributed by atoms with Gasteiger partial charge in [0.15, 0.2) is 0 Å². The van der Waals surface area contributed by atoms with Crippen LogP contribution in [0.1, 0.15) is 51.3 Å². The Morgan fingerprint density at radius 1 is 1.22 bits per heavy atom. The third-order valence-electron chi connectivity index (χ3n) is 6.18. The van der Waals surface area contributed by atoms with Crippen molar-refractivity contribution in [3.8, 4) is 11.4 Å². The van der Waals surface area contributed by atoms with Gasteiger partial charge in [-0.15, -0.1) is 0 Å². The molecule has 0 saturated carbocycles. The Morgan fingerprint density at radius 2 is 1.94 bits per heavy atom. The topological polar surface area (TPSA) is 108 Å². The zero-order valence-corrected chi connectivity index (χ0v) is 22.2. The summed E-state index contributed by atoms with van der Waals surface area (Å²) in [5.41, 5.74) is 4.13. The molecule has 3 rings (SSSR count). The van der Waals surface area contributed by atoms with Gasteiger partial charge >= 0.3 is 5.97 Å². The molecule has 1 unspecified atom stereocenters. The predicted molar refractivity (Wildman–Crippen MR) is 140 cm³/mol. The molecule has 3 atom stereocenters. The van der Waals surface area contributed by atoms with E-state index < -0.39 is 18.1 Å². The highest BCUT2D eigenvalue weighted by atomic mass is 16.5. The van der Waals surface area contributed by atoms with Crippen LogP contribution in [0.15, 0.2) is 35.3 Å². The smallest absolute Gasteiger partial charge is 0.326 e. The lowest BCUT2D eigenvalue weighted by atomic mass is 10.1. The van der Waals surface area contributed by atoms with E-state index in [1.807, 2.05) is 30.5 Å². The first kappa shape index (κ1) is 27.6. The van der Waals surface area contributed by atoms with E-state index in [0.29, 0.717) is 18.7 Å². The summed E-state index contributed by atoms with van der Waals surface area (Å²) in [6.45, 7) is 9.91. The van der Waals surface area contributed by atoms with E-state index >= 15 is 0 Å². The summed E-state index contributed by atoms with van der Waals surface area (Å²) in [5.74, 6) is 0.281. The minimum atomic E-state index is -0.905. The zero-order chi connectivity index (χ0) is 26.6. The molecule has 36 heavy (non-hydrogen) atoms. The Hall–Kier alpha value is -3.01. The molecule has 2 heterocycles. The number of pyridine rings is 1. The fraction of sp³-hybridized carbons (Fsp3) is 0.519. The monoisotopic (exact) mass is 498 g/mol. The van der Waals surface area contributed by atoms with Crippen LogP contribution in [0, 0.1) is 6.92 Å². The number of carbonyl (C=O) groups excluding carboxylic acids is 1. The third-order valence-corrected chi connectivity index (χ3v) is 6.18. The molecule has 196 valence electrons. The van der Waals surface area contributed by atoms with Crippen molar-refractivity contribution in [2.45, 2.75) is 71.9 Å². The molecule has 9 heteroatoms. The van der Waals surface area contributed by atoms with Gasteiger partial charge in [-0.25, -0.2) is 4.98 Å². The van der Waals surface area contributed by atoms with Crippen LogP contribution >= 0.6 is 0 Å². The van der Waals surface area contributed by atoms with E-state index in [9.17, 15) is 14.7 Å². The molecule has 0 radical (unpaired) electrons. The molecule has 0 aliphatic carbocycles. The van der Waals surface area contributed by atoms with Crippen LogP contribution in [0.5, 0.6) is 0 Å². The molecule has 1 aromatic carbocycles. The van der Waals surface area contributed by atoms with Crippen molar-refractivity contribution in [2.24, 2.45) is 7.05 Å². The lowest BCUT2D eigenvalue weighted by Gasteiger charge is -2.21. The number of hydrogen-bond donors (Lipinski definition) is 2. The van der Waals surface area contributed by atoms with Gasteiger partial charge in [-0.2, -0.15) is 0 Å². The summed E-state index contributed by atoms with van der Waals surface area (Å²) >= 11 is 0. The van der Waals surface area contributed by atoms with Gasteiger partial charge < -0.3 is 23.7 Å². The van der Waals surface area contributed by atoms with Crippen molar-refractivity contribution in [1.82, 2.24) is 19.4 Å². The zero-order valence-electron chi connectivity index (χ0n) is 22.2. The molecule has 0 amide bonds. The number of aryl methyl sites for hydroxylation is 2. The highest BCUT2D eigenvalue weighted by Crippen LogP contribution is 2.30. The van der Waals surface area contributed by atoms with Crippen molar-refractivity contribution in [3.63, 3.8) is 0 Å². The van der Waals surface area contributed by atoms with Gasteiger partial charge in [-0.05, 0) is 57.9 Å². The third kappa shape index (κ3) is 6.03. The summed E-state index contributed by atoms with van der Waals surface area (Å²) in [6.07, 6.45) is 1.48. The maximum absolute atomic E-state index is 12.4. The van der Waals surface area contributed by atoms with Crippen LogP contribution < -0.4 is 10.9 Å². The van der Waals surface area contributed by atoms with E-state index in [4.69, 9.17) is 14.5 Å². The van der Waals surface area contributed by atoms with Crippen molar-refractivity contribution in [3.05, 3.63) is 51.9 Å². The Bertz CT molecular complexity index is 1230. The molecule has 2 aromatic heterocycles. The van der Waals surface area contributed by atoms with E-state index in [0.717, 1.165) is 34.4 Å². The fourth-order valence-corrected chi connectivity index (χ4v) is 4.38. The molecule has 2 N–H and O–H groups in total. The number of esters is 1. The first-order valence-corrected chi connectivity index (χ1v) is 12.4. The molecule has 0 fully saturated rings. The molecular formula is C27H38N4O5. The summed E-state index contributed by atoms with van der Waals surface area (Å²) in [7, 11) is 3.43. The normalized spacial score (nSPS) is 14.2. The lowest BCUT2D eigenvalue weighted by molar-refractivity contribution is -0.152. The highest BCUT2D eigenvalue weighted by Gasteiger charge is 2.26. The SMILES string of the molecule is CCC(COC)n1c(-c2cc(C)c(=O)n(C)c2)nc2cc(CN[C@H](C(=O)OC(C)C)[C@@H](C)O)ccc21. The minimum Gasteiger partial charge on any atom is -0.462 e. The van der Waals surface area contributed by atoms with Crippen LogP contribution in [0.25, 0.3) is 22.4 Å². The molecule has 0 spiro atoms. The van der Waals surface area contributed by atoms with E-state index in [1.165, 1.54) is 0 Å². The Balaban J connectivity index is 2.03. The molecule has 3 aromatic rings. The Kier molecular flexibility index (Phi) is 9.05. The van der Waals surface area contributed by atoms with Crippen molar-refractivity contribution < 1.29 is 19.4 Å². The number of carbonyl (C=O) groups is 1. The van der Waals surface area contributed by atoms with Gasteiger partial charge in [0.2, 0.25) is 0 Å². The number of nitrogens with zero attached hydrogens (tertiary/aromatic N) is 3. The van der Waals surface area contributed by atoms with Gasteiger partial charge in [0.25, 0.3) is 5.56 Å². The molecule has 9 nitrogen and oxygen atoms in total. The molecule has 0 aliphatic rings. The van der Waals surface area contributed by atoms with Crippen molar-refractivity contribution in [2.75, 3.05) is 13.7 Å². The van der Waals surface area contributed by atoms with E-state index in [-0.39, 0.29) is 17.7 Å². The van der Waals surface area contributed by atoms with Crippen LogP contribution in [0.4, 0.5) is 0 Å². The maximum atomic E-state index is 12.4. The number of rotatable bonds is 11. The predicted octanol–water partition coefficient (Wildman–Crippen LogP) is 3.10. The van der Waals surface area contributed by atoms with Crippen LogP contribution in [-0.4, -0.2) is 57.2 Å². The van der Waals surface area contributed by atoms with E-state index in [2.05, 4.69) is 16.8 Å². The number of aliphatic hydroxyl groups excluding tert-OH is 1. The number of aliphatic hydroxyl groups is 1. The quantitative estimate of drug-likeness (QED) is 0.391. The fourth-order valence-electron chi connectivity index (χ4n) is 4.38. The van der Waals surface area contributed by atoms with Gasteiger partial charge in [-0.1, -0.05) is 13.0 Å². The van der Waals surface area contributed by atoms with Gasteiger partial charge in [0.1, 0.15) is 11.9 Å². The van der Waals surface area contributed by atoms with Gasteiger partial charge in [-0.3, -0.25) is 14.9 Å². The van der Waals surface area contributed by atoms with Gasteiger partial charge in [0.05, 0.1) is 35.9 Å². The first-order chi connectivity index (χ1) is 17.1. The Morgan fingerprint density at radius 3 is 2.53 bits per heavy atom. The van der Waals surface area contributed by atoms with Gasteiger partial charge in [0, 0.05) is 38.0 Å². The summed E-state index contributed by atoms with van der Waals surface area (Å²) in [4.78, 5) is 29.6. The minimum absolute atomic E-state index is 0.0395. The van der Waals surface area contributed by atoms with Crippen molar-refractivity contribution in [1.29, 1.82) is 0 Å². The molecule has 0 aliphatic heterocycles. The van der Waals surface area contributed by atoms with Crippen LogP contribution in [-0.2, 0) is 27.9 Å². The average molecular weight is 499 g/mol. The number of fused-ring (bicyclic) bond motifs is 1. The Labute approximate surface area is 212 Å². The molecule has 0 saturated heterocycles. The second-order valence-corrected chi connectivity index (χ2v) is 9.56. The lowest BCUT2D eigenvalue weighted by Crippen LogP contribution is -2.46. The number of nitrogens with one attached hydrogen (secondary N) is 1. The number of hydrogen-bond acceptors (Lipinski definition) is 7. The summed E-state index contributed by atoms with van der Waals surface area (Å²) < 4.78 is 14.5. The second-order valence-electron chi connectivity index (χ2n) is 9.56. The summed E-state index contributed by atoms with van der Waals surface area (Å²) in [5, 5.41) is 13.2. The molecular weight excluding hydrogens is 460 g/mol. The number of methoxy groups -OCH3 is 1. The number of aromatic nitrogens is 3. The van der Waals surface area contributed by atoms with Crippen LogP contribution in [0.3, 0.4) is 0 Å². The highest BCUT2D eigenvalue weighted by molar-refractivity contribution is 5.82. The standard InChI is InChI=1S/C27H38N4O5/c1-8-21(15-35-7)31-23-10-9-19(13-28-24(18(5)32)27(34)36-16(2)3)12-22(23)29-25(31)20-11-17(4)26(33)30(6)14-20/h9-12,14,16,18,21,24,28,32H,8,13,15H2,1-7H3/t18-,21?,24+/m1/s1. The number of ether oxygens (including phenoxy) is 2.